The predicted octanol–water partition coefficient (Wildman–Crippen LogP) is 3.86. The third kappa shape index (κ3) is 4.18. The fraction of sp³-hybridized carbons (Fsp3) is 0.500. The molecule has 1 heterocycles. The lowest BCUT2D eigenvalue weighted by Gasteiger charge is -2.15. The van der Waals surface area contributed by atoms with Gasteiger partial charge in [-0.25, -0.2) is 0 Å². The van der Waals surface area contributed by atoms with Crippen molar-refractivity contribution < 1.29 is 0 Å². The Kier molecular flexibility index (Phi) is 5.06. The molecule has 1 N–H and O–H groups in total. The molecule has 3 nitrogen and oxygen atoms in total. The Morgan fingerprint density at radius 1 is 1.00 bits per heavy atom. The molecular weight excluding hydrogens is 258 g/mol. The molecule has 0 amide bonds. The van der Waals surface area contributed by atoms with E-state index in [4.69, 9.17) is 0 Å². The van der Waals surface area contributed by atoms with Crippen LogP contribution in [0, 0.1) is 0 Å². The monoisotopic (exact) mass is 283 g/mol. The van der Waals surface area contributed by atoms with Crippen molar-refractivity contribution in [2.45, 2.75) is 51.1 Å². The van der Waals surface area contributed by atoms with Crippen molar-refractivity contribution in [3.63, 3.8) is 0 Å². The summed E-state index contributed by atoms with van der Waals surface area (Å²) < 4.78 is 2.05. The predicted molar refractivity (Wildman–Crippen MR) is 87.2 cm³/mol. The average molecular weight is 283 g/mol. The second-order valence-corrected chi connectivity index (χ2v) is 6.00. The minimum Gasteiger partial charge on any atom is -0.312 e. The number of aromatic nitrogens is 2. The van der Waals surface area contributed by atoms with Gasteiger partial charge in [-0.2, -0.15) is 5.10 Å². The summed E-state index contributed by atoms with van der Waals surface area (Å²) in [7, 11) is 0. The van der Waals surface area contributed by atoms with Crippen LogP contribution < -0.4 is 5.32 Å². The molecule has 0 bridgehead atoms. The van der Waals surface area contributed by atoms with E-state index >= 15 is 0 Å². The van der Waals surface area contributed by atoms with E-state index in [0.717, 1.165) is 19.1 Å². The van der Waals surface area contributed by atoms with Crippen LogP contribution >= 0.6 is 0 Å². The molecule has 1 aromatic heterocycles. The zero-order chi connectivity index (χ0) is 14.3. The zero-order valence-corrected chi connectivity index (χ0v) is 12.7. The number of hydrogen-bond acceptors (Lipinski definition) is 2. The molecule has 2 aromatic rings. The molecule has 1 fully saturated rings. The van der Waals surface area contributed by atoms with Gasteiger partial charge in [-0.3, -0.25) is 4.68 Å². The molecule has 3 rings (SSSR count). The Morgan fingerprint density at radius 3 is 2.52 bits per heavy atom. The smallest absolute Gasteiger partial charge is 0.0568 e. The topological polar surface area (TPSA) is 29.9 Å². The normalized spacial score (nSPS) is 16.8. The van der Waals surface area contributed by atoms with Crippen LogP contribution in [0.4, 0.5) is 0 Å². The minimum absolute atomic E-state index is 0.719. The van der Waals surface area contributed by atoms with E-state index < -0.39 is 0 Å². The van der Waals surface area contributed by atoms with E-state index in [1.807, 2.05) is 16.9 Å². The first-order valence-corrected chi connectivity index (χ1v) is 8.23. The van der Waals surface area contributed by atoms with Crippen LogP contribution in [0.25, 0.3) is 11.1 Å². The van der Waals surface area contributed by atoms with Crippen LogP contribution in [0.1, 0.15) is 38.5 Å². The maximum Gasteiger partial charge on any atom is 0.0568 e. The summed E-state index contributed by atoms with van der Waals surface area (Å²) in [5, 5.41) is 8.17. The minimum atomic E-state index is 0.719. The summed E-state index contributed by atoms with van der Waals surface area (Å²) in [5.41, 5.74) is 2.44. The van der Waals surface area contributed by atoms with Gasteiger partial charge in [-0.1, -0.05) is 56.0 Å². The summed E-state index contributed by atoms with van der Waals surface area (Å²) in [4.78, 5) is 0. The lowest BCUT2D eigenvalue weighted by atomic mass is 10.1. The largest absolute Gasteiger partial charge is 0.312 e. The van der Waals surface area contributed by atoms with Crippen molar-refractivity contribution in [3.8, 4) is 11.1 Å². The molecule has 112 valence electrons. The molecule has 0 atom stereocenters. The van der Waals surface area contributed by atoms with Gasteiger partial charge in [0, 0.05) is 24.3 Å². The van der Waals surface area contributed by atoms with Crippen molar-refractivity contribution in [1.82, 2.24) is 15.1 Å². The number of nitrogens with zero attached hydrogens (tertiary/aromatic N) is 2. The SMILES string of the molecule is c1ccc(-c2cnn(CCNC3CCCCCC3)c2)cc1. The van der Waals surface area contributed by atoms with Crippen LogP contribution in [0.2, 0.25) is 0 Å². The zero-order valence-electron chi connectivity index (χ0n) is 12.7. The molecule has 0 saturated heterocycles. The molecule has 21 heavy (non-hydrogen) atoms. The third-order valence-corrected chi connectivity index (χ3v) is 4.37. The first-order valence-electron chi connectivity index (χ1n) is 8.23. The van der Waals surface area contributed by atoms with Crippen LogP contribution in [0.5, 0.6) is 0 Å². The molecule has 1 aromatic carbocycles. The van der Waals surface area contributed by atoms with E-state index in [0.29, 0.717) is 0 Å². The van der Waals surface area contributed by atoms with Gasteiger partial charge in [-0.15, -0.1) is 0 Å². The highest BCUT2D eigenvalue weighted by Gasteiger charge is 2.11. The molecule has 3 heteroatoms. The van der Waals surface area contributed by atoms with Gasteiger partial charge < -0.3 is 5.32 Å². The lowest BCUT2D eigenvalue weighted by Crippen LogP contribution is -2.31. The van der Waals surface area contributed by atoms with E-state index in [-0.39, 0.29) is 0 Å². The summed E-state index contributed by atoms with van der Waals surface area (Å²) >= 11 is 0. The summed E-state index contributed by atoms with van der Waals surface area (Å²) in [5.74, 6) is 0. The number of benzene rings is 1. The Bertz CT molecular complexity index is 524. The van der Waals surface area contributed by atoms with Crippen molar-refractivity contribution >= 4 is 0 Å². The molecule has 1 aliphatic rings. The van der Waals surface area contributed by atoms with Crippen molar-refractivity contribution in [2.24, 2.45) is 0 Å². The van der Waals surface area contributed by atoms with E-state index in [1.165, 1.54) is 49.7 Å². The second kappa shape index (κ2) is 7.41. The van der Waals surface area contributed by atoms with Gasteiger partial charge in [-0.05, 0) is 18.4 Å². The molecule has 0 aliphatic heterocycles. The fourth-order valence-corrected chi connectivity index (χ4v) is 3.13. The summed E-state index contributed by atoms with van der Waals surface area (Å²) in [6, 6.07) is 11.2. The molecular formula is C18H25N3. The molecule has 0 spiro atoms. The standard InChI is InChI=1S/C18H25N3/c1-2-7-11-18(10-6-1)19-12-13-21-15-17(14-20-21)16-8-4-3-5-9-16/h3-5,8-9,14-15,18-19H,1-2,6-7,10-13H2. The molecule has 0 unspecified atom stereocenters. The van der Waals surface area contributed by atoms with Gasteiger partial charge in [0.25, 0.3) is 0 Å². The van der Waals surface area contributed by atoms with E-state index in [2.05, 4.69) is 40.9 Å². The van der Waals surface area contributed by atoms with Crippen molar-refractivity contribution in [1.29, 1.82) is 0 Å². The number of nitrogens with one attached hydrogen (secondary N) is 1. The first-order chi connectivity index (χ1) is 10.4. The lowest BCUT2D eigenvalue weighted by molar-refractivity contribution is 0.436. The van der Waals surface area contributed by atoms with E-state index in [9.17, 15) is 0 Å². The summed E-state index contributed by atoms with van der Waals surface area (Å²) in [6.07, 6.45) is 12.4. The Balaban J connectivity index is 1.48. The highest BCUT2D eigenvalue weighted by molar-refractivity contribution is 5.61. The van der Waals surface area contributed by atoms with Gasteiger partial charge in [0.05, 0.1) is 12.7 Å². The van der Waals surface area contributed by atoms with Crippen molar-refractivity contribution in [3.05, 3.63) is 42.7 Å². The Hall–Kier alpha value is -1.61. The summed E-state index contributed by atoms with van der Waals surface area (Å²) in [6.45, 7) is 1.96. The van der Waals surface area contributed by atoms with Crippen LogP contribution in [0.15, 0.2) is 42.7 Å². The highest BCUT2D eigenvalue weighted by Crippen LogP contribution is 2.18. The molecule has 1 saturated carbocycles. The van der Waals surface area contributed by atoms with E-state index in [1.54, 1.807) is 0 Å². The van der Waals surface area contributed by atoms with Gasteiger partial charge >= 0.3 is 0 Å². The van der Waals surface area contributed by atoms with Gasteiger partial charge in [0.1, 0.15) is 0 Å². The number of rotatable bonds is 5. The maximum atomic E-state index is 4.47. The Labute approximate surface area is 127 Å². The van der Waals surface area contributed by atoms with Gasteiger partial charge in [0.15, 0.2) is 0 Å². The first kappa shape index (κ1) is 14.3. The van der Waals surface area contributed by atoms with Crippen LogP contribution in [-0.2, 0) is 6.54 Å². The van der Waals surface area contributed by atoms with Crippen molar-refractivity contribution in [2.75, 3.05) is 6.54 Å². The maximum absolute atomic E-state index is 4.47. The van der Waals surface area contributed by atoms with Crippen LogP contribution in [0.3, 0.4) is 0 Å². The van der Waals surface area contributed by atoms with Crippen LogP contribution in [-0.4, -0.2) is 22.4 Å². The third-order valence-electron chi connectivity index (χ3n) is 4.37. The Morgan fingerprint density at radius 2 is 1.76 bits per heavy atom. The quantitative estimate of drug-likeness (QED) is 0.844. The molecule has 0 radical (unpaired) electrons. The second-order valence-electron chi connectivity index (χ2n) is 6.00. The highest BCUT2D eigenvalue weighted by atomic mass is 15.3. The average Bonchev–Trinajstić information content (AvgIpc) is 2.84. The number of hydrogen-bond donors (Lipinski definition) is 1. The van der Waals surface area contributed by atoms with Gasteiger partial charge in [0.2, 0.25) is 0 Å². The molecule has 1 aliphatic carbocycles. The fourth-order valence-electron chi connectivity index (χ4n) is 3.13.